The van der Waals surface area contributed by atoms with Crippen molar-refractivity contribution in [1.29, 1.82) is 0 Å². The molecule has 3 aromatic rings. The molecular weight excluding hydrogens is 256 g/mol. The fraction of sp³-hybridized carbons (Fsp3) is 0.263. The lowest BCUT2D eigenvalue weighted by atomic mass is 9.89. The van der Waals surface area contributed by atoms with Gasteiger partial charge in [0, 0.05) is 17.1 Å². The summed E-state index contributed by atoms with van der Waals surface area (Å²) < 4.78 is 0. The van der Waals surface area contributed by atoms with Gasteiger partial charge in [0.1, 0.15) is 0 Å². The molecule has 0 amide bonds. The lowest BCUT2D eigenvalue weighted by Crippen LogP contribution is -2.13. The first-order valence-corrected chi connectivity index (χ1v) is 7.63. The van der Waals surface area contributed by atoms with Crippen LogP contribution >= 0.6 is 0 Å². The minimum atomic E-state index is 0.538. The van der Waals surface area contributed by atoms with Gasteiger partial charge in [-0.15, -0.1) is 0 Å². The van der Waals surface area contributed by atoms with Gasteiger partial charge in [-0.2, -0.15) is 0 Å². The van der Waals surface area contributed by atoms with E-state index in [0.717, 1.165) is 19.4 Å². The molecule has 2 aromatic carbocycles. The molecule has 0 saturated heterocycles. The van der Waals surface area contributed by atoms with E-state index in [2.05, 4.69) is 71.1 Å². The van der Waals surface area contributed by atoms with Crippen LogP contribution in [0.4, 0.5) is 0 Å². The van der Waals surface area contributed by atoms with E-state index in [4.69, 9.17) is 0 Å². The van der Waals surface area contributed by atoms with Crippen molar-refractivity contribution in [3.05, 3.63) is 71.9 Å². The summed E-state index contributed by atoms with van der Waals surface area (Å²) in [4.78, 5) is 3.41. The Morgan fingerprint density at radius 1 is 1.00 bits per heavy atom. The highest BCUT2D eigenvalue weighted by molar-refractivity contribution is 5.83. The molecule has 1 aromatic heterocycles. The number of H-pyrrole nitrogens is 1. The molecule has 21 heavy (non-hydrogen) atoms. The molecule has 2 heteroatoms. The predicted octanol–water partition coefficient (Wildman–Crippen LogP) is 4.10. The molecule has 108 valence electrons. The molecule has 0 spiro atoms. The highest BCUT2D eigenvalue weighted by atomic mass is 14.8. The van der Waals surface area contributed by atoms with Gasteiger partial charge < -0.3 is 10.3 Å². The molecular formula is C19H22N2. The third-order valence-corrected chi connectivity index (χ3v) is 4.13. The van der Waals surface area contributed by atoms with E-state index in [-0.39, 0.29) is 0 Å². The van der Waals surface area contributed by atoms with Crippen molar-refractivity contribution in [2.24, 2.45) is 0 Å². The summed E-state index contributed by atoms with van der Waals surface area (Å²) in [5.41, 5.74) is 4.07. The van der Waals surface area contributed by atoms with Gasteiger partial charge in [0.05, 0.1) is 0 Å². The molecule has 1 unspecified atom stereocenters. The Morgan fingerprint density at radius 3 is 2.57 bits per heavy atom. The molecule has 2 N–H and O–H groups in total. The van der Waals surface area contributed by atoms with Gasteiger partial charge in [0.25, 0.3) is 0 Å². The van der Waals surface area contributed by atoms with Crippen LogP contribution in [0.25, 0.3) is 10.9 Å². The Labute approximate surface area is 126 Å². The first kappa shape index (κ1) is 13.9. The normalized spacial score (nSPS) is 12.6. The van der Waals surface area contributed by atoms with E-state index in [1.54, 1.807) is 0 Å². The molecule has 0 bridgehead atoms. The SMILES string of the molecule is CNCCC(Cc1ccccc1)c1c[nH]c2ccccc12. The van der Waals surface area contributed by atoms with E-state index in [1.165, 1.54) is 22.0 Å². The lowest BCUT2D eigenvalue weighted by molar-refractivity contribution is 0.596. The monoisotopic (exact) mass is 278 g/mol. The average Bonchev–Trinajstić information content (AvgIpc) is 2.96. The van der Waals surface area contributed by atoms with E-state index >= 15 is 0 Å². The number of aromatic nitrogens is 1. The summed E-state index contributed by atoms with van der Waals surface area (Å²) in [6, 6.07) is 19.4. The summed E-state index contributed by atoms with van der Waals surface area (Å²) in [7, 11) is 2.02. The second kappa shape index (κ2) is 6.59. The molecule has 0 aliphatic carbocycles. The molecule has 2 nitrogen and oxygen atoms in total. The average molecular weight is 278 g/mol. The summed E-state index contributed by atoms with van der Waals surface area (Å²) >= 11 is 0. The number of aromatic amines is 1. The number of rotatable bonds is 6. The van der Waals surface area contributed by atoms with Gasteiger partial charge in [-0.3, -0.25) is 0 Å². The zero-order chi connectivity index (χ0) is 14.5. The second-order valence-electron chi connectivity index (χ2n) is 5.57. The number of nitrogens with one attached hydrogen (secondary N) is 2. The smallest absolute Gasteiger partial charge is 0.0456 e. The van der Waals surface area contributed by atoms with Crippen molar-refractivity contribution >= 4 is 10.9 Å². The van der Waals surface area contributed by atoms with E-state index in [0.29, 0.717) is 5.92 Å². The van der Waals surface area contributed by atoms with Crippen LogP contribution in [0.15, 0.2) is 60.8 Å². The Morgan fingerprint density at radius 2 is 1.76 bits per heavy atom. The fourth-order valence-electron chi connectivity index (χ4n) is 3.02. The summed E-state index contributed by atoms with van der Waals surface area (Å²) in [5, 5.41) is 4.64. The van der Waals surface area contributed by atoms with E-state index in [1.807, 2.05) is 7.05 Å². The predicted molar refractivity (Wildman–Crippen MR) is 89.7 cm³/mol. The van der Waals surface area contributed by atoms with Gasteiger partial charge in [-0.25, -0.2) is 0 Å². The van der Waals surface area contributed by atoms with Gasteiger partial charge in [0.2, 0.25) is 0 Å². The second-order valence-corrected chi connectivity index (χ2v) is 5.57. The zero-order valence-electron chi connectivity index (χ0n) is 12.5. The van der Waals surface area contributed by atoms with Crippen LogP contribution in [-0.4, -0.2) is 18.6 Å². The maximum absolute atomic E-state index is 3.41. The maximum Gasteiger partial charge on any atom is 0.0456 e. The lowest BCUT2D eigenvalue weighted by Gasteiger charge is -2.16. The van der Waals surface area contributed by atoms with Crippen LogP contribution in [0.3, 0.4) is 0 Å². The van der Waals surface area contributed by atoms with Gasteiger partial charge in [0.15, 0.2) is 0 Å². The standard InChI is InChI=1S/C19H22N2/c1-20-12-11-16(13-15-7-3-2-4-8-15)18-14-21-19-10-6-5-9-17(18)19/h2-10,14,16,20-21H,11-13H2,1H3. The largest absolute Gasteiger partial charge is 0.361 e. The van der Waals surface area contributed by atoms with Crippen LogP contribution < -0.4 is 5.32 Å². The third kappa shape index (κ3) is 3.17. The van der Waals surface area contributed by atoms with Crippen LogP contribution in [0.5, 0.6) is 0 Å². The Kier molecular flexibility index (Phi) is 4.37. The number of hydrogen-bond acceptors (Lipinski definition) is 1. The topological polar surface area (TPSA) is 27.8 Å². The molecule has 0 aliphatic rings. The van der Waals surface area contributed by atoms with Crippen LogP contribution in [0, 0.1) is 0 Å². The number of para-hydroxylation sites is 1. The summed E-state index contributed by atoms with van der Waals surface area (Å²) in [6.07, 6.45) is 4.42. The molecule has 0 fully saturated rings. The Bertz CT molecular complexity index is 685. The molecule has 1 heterocycles. The molecule has 0 aliphatic heterocycles. The van der Waals surface area contributed by atoms with E-state index in [9.17, 15) is 0 Å². The molecule has 3 rings (SSSR count). The molecule has 0 radical (unpaired) electrons. The first-order valence-electron chi connectivity index (χ1n) is 7.63. The minimum Gasteiger partial charge on any atom is -0.361 e. The van der Waals surface area contributed by atoms with Crippen molar-refractivity contribution in [2.45, 2.75) is 18.8 Å². The van der Waals surface area contributed by atoms with Crippen molar-refractivity contribution in [2.75, 3.05) is 13.6 Å². The van der Waals surface area contributed by atoms with Crippen molar-refractivity contribution in [3.8, 4) is 0 Å². The highest BCUT2D eigenvalue weighted by Crippen LogP contribution is 2.30. The van der Waals surface area contributed by atoms with Crippen molar-refractivity contribution in [1.82, 2.24) is 10.3 Å². The van der Waals surface area contributed by atoms with Crippen LogP contribution in [-0.2, 0) is 6.42 Å². The maximum atomic E-state index is 3.41. The number of hydrogen-bond donors (Lipinski definition) is 2. The van der Waals surface area contributed by atoms with Crippen LogP contribution in [0.2, 0.25) is 0 Å². The number of benzene rings is 2. The van der Waals surface area contributed by atoms with Crippen molar-refractivity contribution in [3.63, 3.8) is 0 Å². The minimum absolute atomic E-state index is 0.538. The molecule has 1 atom stereocenters. The van der Waals surface area contributed by atoms with Crippen LogP contribution in [0.1, 0.15) is 23.5 Å². The zero-order valence-corrected chi connectivity index (χ0v) is 12.5. The summed E-state index contributed by atoms with van der Waals surface area (Å²) in [6.45, 7) is 1.04. The summed E-state index contributed by atoms with van der Waals surface area (Å²) in [5.74, 6) is 0.538. The highest BCUT2D eigenvalue weighted by Gasteiger charge is 2.16. The Hall–Kier alpha value is -2.06. The first-order chi connectivity index (χ1) is 10.4. The van der Waals surface area contributed by atoms with Gasteiger partial charge >= 0.3 is 0 Å². The van der Waals surface area contributed by atoms with Crippen molar-refractivity contribution < 1.29 is 0 Å². The Balaban J connectivity index is 1.91. The van der Waals surface area contributed by atoms with E-state index < -0.39 is 0 Å². The van der Waals surface area contributed by atoms with Gasteiger partial charge in [-0.05, 0) is 49.5 Å². The number of fused-ring (bicyclic) bond motifs is 1. The molecule has 0 saturated carbocycles. The third-order valence-electron chi connectivity index (χ3n) is 4.13. The quantitative estimate of drug-likeness (QED) is 0.698. The fourth-order valence-corrected chi connectivity index (χ4v) is 3.02. The van der Waals surface area contributed by atoms with Gasteiger partial charge in [-0.1, -0.05) is 48.5 Å².